The van der Waals surface area contributed by atoms with Gasteiger partial charge in [-0.25, -0.2) is 0 Å². The Kier molecular flexibility index (Phi) is 5.44. The fourth-order valence-corrected chi connectivity index (χ4v) is 2.34. The molecule has 0 aromatic heterocycles. The molecule has 0 bridgehead atoms. The summed E-state index contributed by atoms with van der Waals surface area (Å²) < 4.78 is 0. The predicted octanol–water partition coefficient (Wildman–Crippen LogP) is 2.29. The zero-order valence-corrected chi connectivity index (χ0v) is 11.6. The molecule has 3 heteroatoms. The maximum absolute atomic E-state index is 12.3. The van der Waals surface area contributed by atoms with Crippen molar-refractivity contribution < 1.29 is 9.90 Å². The van der Waals surface area contributed by atoms with Gasteiger partial charge in [0.05, 0.1) is 6.10 Å². The normalized spacial score (nSPS) is 19.2. The Balaban J connectivity index is 2.47. The van der Waals surface area contributed by atoms with E-state index < -0.39 is 0 Å². The second kappa shape index (κ2) is 6.39. The monoisotopic (exact) mass is 241 g/mol. The summed E-state index contributed by atoms with van der Waals surface area (Å²) in [5, 5.41) is 9.86. The molecule has 1 aliphatic rings. The van der Waals surface area contributed by atoms with E-state index in [1.54, 1.807) is 4.90 Å². The number of likely N-dealkylation sites (N-methyl/N-ethyl adjacent to an activating group) is 1. The standard InChI is InChI=1S/C14H27NO2/c1-5-6-12(10(2)3)14(17)15(4)9-13(16)11-7-8-11/h10-13,16H,5-9H2,1-4H3. The van der Waals surface area contributed by atoms with Gasteiger partial charge in [0.15, 0.2) is 0 Å². The van der Waals surface area contributed by atoms with Crippen LogP contribution in [0, 0.1) is 17.8 Å². The Bertz CT molecular complexity index is 249. The number of aliphatic hydroxyl groups is 1. The van der Waals surface area contributed by atoms with E-state index in [4.69, 9.17) is 0 Å². The molecule has 1 N–H and O–H groups in total. The highest BCUT2D eigenvalue weighted by Gasteiger charge is 2.32. The quantitative estimate of drug-likeness (QED) is 0.743. The second-order valence-electron chi connectivity index (χ2n) is 5.76. The minimum atomic E-state index is -0.321. The third-order valence-electron chi connectivity index (χ3n) is 3.72. The molecule has 0 heterocycles. The highest BCUT2D eigenvalue weighted by Crippen LogP contribution is 2.33. The first kappa shape index (κ1) is 14.5. The van der Waals surface area contributed by atoms with Crippen LogP contribution in [0.4, 0.5) is 0 Å². The molecule has 0 aromatic carbocycles. The first-order chi connectivity index (χ1) is 7.97. The van der Waals surface area contributed by atoms with Gasteiger partial charge in [0.1, 0.15) is 0 Å². The van der Waals surface area contributed by atoms with Crippen molar-refractivity contribution in [2.24, 2.45) is 17.8 Å². The van der Waals surface area contributed by atoms with Gasteiger partial charge in [-0.15, -0.1) is 0 Å². The van der Waals surface area contributed by atoms with Crippen LogP contribution in [-0.2, 0) is 4.79 Å². The lowest BCUT2D eigenvalue weighted by atomic mass is 9.90. The topological polar surface area (TPSA) is 40.5 Å². The lowest BCUT2D eigenvalue weighted by Gasteiger charge is -2.27. The van der Waals surface area contributed by atoms with Crippen LogP contribution in [0.15, 0.2) is 0 Å². The van der Waals surface area contributed by atoms with Crippen molar-refractivity contribution in [3.8, 4) is 0 Å². The number of carbonyl (C=O) groups is 1. The SMILES string of the molecule is CCCC(C(=O)N(C)CC(O)C1CC1)C(C)C. The average Bonchev–Trinajstić information content (AvgIpc) is 3.07. The maximum atomic E-state index is 12.3. The number of rotatable bonds is 7. The second-order valence-corrected chi connectivity index (χ2v) is 5.76. The molecule has 0 aromatic rings. The summed E-state index contributed by atoms with van der Waals surface area (Å²) in [5.41, 5.74) is 0. The zero-order chi connectivity index (χ0) is 13.0. The van der Waals surface area contributed by atoms with Crippen molar-refractivity contribution in [3.05, 3.63) is 0 Å². The van der Waals surface area contributed by atoms with Gasteiger partial charge < -0.3 is 10.0 Å². The number of amides is 1. The molecule has 1 rings (SSSR count). The largest absolute Gasteiger partial charge is 0.391 e. The molecule has 2 unspecified atom stereocenters. The Morgan fingerprint density at radius 1 is 1.41 bits per heavy atom. The van der Waals surface area contributed by atoms with E-state index >= 15 is 0 Å². The number of carbonyl (C=O) groups excluding carboxylic acids is 1. The minimum absolute atomic E-state index is 0.108. The van der Waals surface area contributed by atoms with E-state index in [2.05, 4.69) is 20.8 Å². The fraction of sp³-hybridized carbons (Fsp3) is 0.929. The number of hydrogen-bond donors (Lipinski definition) is 1. The summed E-state index contributed by atoms with van der Waals surface area (Å²) >= 11 is 0. The molecule has 0 aliphatic heterocycles. The lowest BCUT2D eigenvalue weighted by Crippen LogP contribution is -2.40. The van der Waals surface area contributed by atoms with Crippen molar-refractivity contribution in [2.75, 3.05) is 13.6 Å². The fourth-order valence-electron chi connectivity index (χ4n) is 2.34. The first-order valence-corrected chi connectivity index (χ1v) is 6.90. The molecular formula is C14H27NO2. The van der Waals surface area contributed by atoms with E-state index in [0.717, 1.165) is 25.7 Å². The van der Waals surface area contributed by atoms with Crippen LogP contribution in [0.1, 0.15) is 46.5 Å². The summed E-state index contributed by atoms with van der Waals surface area (Å²) in [6.07, 6.45) is 3.89. The summed E-state index contributed by atoms with van der Waals surface area (Å²) in [6, 6.07) is 0. The zero-order valence-electron chi connectivity index (χ0n) is 11.6. The molecule has 1 aliphatic carbocycles. The first-order valence-electron chi connectivity index (χ1n) is 6.90. The van der Waals surface area contributed by atoms with E-state index in [1.165, 1.54) is 0 Å². The van der Waals surface area contributed by atoms with E-state index in [1.807, 2.05) is 7.05 Å². The molecule has 1 amide bonds. The molecule has 100 valence electrons. The van der Waals surface area contributed by atoms with Gasteiger partial charge in [-0.3, -0.25) is 4.79 Å². The maximum Gasteiger partial charge on any atom is 0.225 e. The highest BCUT2D eigenvalue weighted by atomic mass is 16.3. The van der Waals surface area contributed by atoms with Crippen molar-refractivity contribution in [2.45, 2.75) is 52.6 Å². The molecule has 0 radical (unpaired) electrons. The van der Waals surface area contributed by atoms with Gasteiger partial charge in [0.2, 0.25) is 5.91 Å². The van der Waals surface area contributed by atoms with Gasteiger partial charge in [-0.05, 0) is 31.1 Å². The van der Waals surface area contributed by atoms with Crippen LogP contribution in [0.2, 0.25) is 0 Å². The molecular weight excluding hydrogens is 214 g/mol. The van der Waals surface area contributed by atoms with Crippen LogP contribution < -0.4 is 0 Å². The molecule has 17 heavy (non-hydrogen) atoms. The van der Waals surface area contributed by atoms with Gasteiger partial charge in [-0.1, -0.05) is 27.2 Å². The molecule has 0 spiro atoms. The van der Waals surface area contributed by atoms with E-state index in [9.17, 15) is 9.90 Å². The van der Waals surface area contributed by atoms with Crippen LogP contribution in [0.5, 0.6) is 0 Å². The summed E-state index contributed by atoms with van der Waals surface area (Å²) in [5.74, 6) is 1.12. The van der Waals surface area contributed by atoms with Crippen LogP contribution >= 0.6 is 0 Å². The predicted molar refractivity (Wildman–Crippen MR) is 69.6 cm³/mol. The van der Waals surface area contributed by atoms with Crippen LogP contribution in [0.3, 0.4) is 0 Å². The van der Waals surface area contributed by atoms with Gasteiger partial charge in [0, 0.05) is 19.5 Å². The number of nitrogens with zero attached hydrogens (tertiary/aromatic N) is 1. The molecule has 1 saturated carbocycles. The molecule has 2 atom stereocenters. The average molecular weight is 241 g/mol. The van der Waals surface area contributed by atoms with E-state index in [-0.39, 0.29) is 17.9 Å². The molecule has 3 nitrogen and oxygen atoms in total. The summed E-state index contributed by atoms with van der Waals surface area (Å²) in [4.78, 5) is 14.0. The van der Waals surface area contributed by atoms with E-state index in [0.29, 0.717) is 18.4 Å². The Morgan fingerprint density at radius 2 is 2.00 bits per heavy atom. The number of aliphatic hydroxyl groups excluding tert-OH is 1. The van der Waals surface area contributed by atoms with Crippen LogP contribution in [-0.4, -0.2) is 35.6 Å². The lowest BCUT2D eigenvalue weighted by molar-refractivity contribution is -0.137. The van der Waals surface area contributed by atoms with Crippen molar-refractivity contribution in [3.63, 3.8) is 0 Å². The third-order valence-corrected chi connectivity index (χ3v) is 3.72. The van der Waals surface area contributed by atoms with Crippen molar-refractivity contribution >= 4 is 5.91 Å². The molecule has 0 saturated heterocycles. The number of hydrogen-bond acceptors (Lipinski definition) is 2. The van der Waals surface area contributed by atoms with Gasteiger partial charge in [-0.2, -0.15) is 0 Å². The highest BCUT2D eigenvalue weighted by molar-refractivity contribution is 5.78. The van der Waals surface area contributed by atoms with Crippen molar-refractivity contribution in [1.82, 2.24) is 4.90 Å². The van der Waals surface area contributed by atoms with Gasteiger partial charge in [0.25, 0.3) is 0 Å². The Labute approximate surface area is 105 Å². The Hall–Kier alpha value is -0.570. The van der Waals surface area contributed by atoms with Crippen LogP contribution in [0.25, 0.3) is 0 Å². The minimum Gasteiger partial charge on any atom is -0.391 e. The van der Waals surface area contributed by atoms with Gasteiger partial charge >= 0.3 is 0 Å². The smallest absolute Gasteiger partial charge is 0.225 e. The summed E-state index contributed by atoms with van der Waals surface area (Å²) in [6.45, 7) is 6.81. The molecule has 1 fully saturated rings. The van der Waals surface area contributed by atoms with Crippen molar-refractivity contribution in [1.29, 1.82) is 0 Å². The third kappa shape index (κ3) is 4.30. The Morgan fingerprint density at radius 3 is 2.41 bits per heavy atom. The summed E-state index contributed by atoms with van der Waals surface area (Å²) in [7, 11) is 1.82.